The van der Waals surface area contributed by atoms with Gasteiger partial charge in [0.1, 0.15) is 0 Å². The van der Waals surface area contributed by atoms with Gasteiger partial charge in [0.15, 0.2) is 6.73 Å². The molecule has 0 saturated carbocycles. The third kappa shape index (κ3) is 3.91. The number of fused-ring (bicyclic) bond motifs is 1. The Hall–Kier alpha value is -3.13. The summed E-state index contributed by atoms with van der Waals surface area (Å²) in [4.78, 5) is 51.9. The summed E-state index contributed by atoms with van der Waals surface area (Å²) in [5, 5.41) is 0. The van der Waals surface area contributed by atoms with Gasteiger partial charge in [-0.05, 0) is 24.3 Å². The quantitative estimate of drug-likeness (QED) is 0.422. The number of rotatable bonds is 6. The van der Waals surface area contributed by atoms with Crippen LogP contribution in [-0.2, 0) is 9.53 Å². The minimum absolute atomic E-state index is 0.0841. The van der Waals surface area contributed by atoms with Crippen LogP contribution in [0, 0.1) is 0 Å². The molecule has 28 heavy (non-hydrogen) atoms. The molecule has 3 rings (SSSR count). The van der Waals surface area contributed by atoms with Crippen molar-refractivity contribution in [2.75, 3.05) is 26.6 Å². The molecule has 2 aromatic carbocycles. The molecular formula is C20H18N2O5S. The molecule has 8 heteroatoms. The Morgan fingerprint density at radius 2 is 1.54 bits per heavy atom. The van der Waals surface area contributed by atoms with E-state index in [-0.39, 0.29) is 17.2 Å². The van der Waals surface area contributed by atoms with Crippen LogP contribution >= 0.6 is 11.8 Å². The smallest absolute Gasteiger partial charge is 0.341 e. The van der Waals surface area contributed by atoms with Crippen molar-refractivity contribution < 1.29 is 23.9 Å². The van der Waals surface area contributed by atoms with E-state index < -0.39 is 24.5 Å². The minimum Gasteiger partial charge on any atom is -0.440 e. The number of hydrogen-bond donors (Lipinski definition) is 0. The van der Waals surface area contributed by atoms with Crippen molar-refractivity contribution in [3.63, 3.8) is 0 Å². The molecule has 1 heterocycles. The van der Waals surface area contributed by atoms with Gasteiger partial charge in [0, 0.05) is 19.0 Å². The highest BCUT2D eigenvalue weighted by atomic mass is 32.2. The fraction of sp³-hybridized carbons (Fsp3) is 0.200. The Kier molecular flexibility index (Phi) is 5.79. The summed E-state index contributed by atoms with van der Waals surface area (Å²) >= 11 is 1.22. The van der Waals surface area contributed by atoms with Gasteiger partial charge in [-0.3, -0.25) is 14.4 Å². The predicted octanol–water partition coefficient (Wildman–Crippen LogP) is 2.28. The van der Waals surface area contributed by atoms with E-state index in [1.165, 1.54) is 16.7 Å². The first-order valence-corrected chi connectivity index (χ1v) is 9.43. The SMILES string of the molecule is CN(C)C(=O)CSc1ccccc1C(=O)OCN1C(=O)c2ccccc2C1=O. The number of imide groups is 1. The second-order valence-corrected chi connectivity index (χ2v) is 7.23. The van der Waals surface area contributed by atoms with Crippen LogP contribution in [0.5, 0.6) is 0 Å². The fourth-order valence-electron chi connectivity index (χ4n) is 2.59. The van der Waals surface area contributed by atoms with Gasteiger partial charge in [-0.2, -0.15) is 0 Å². The number of amides is 3. The molecule has 0 radical (unpaired) electrons. The van der Waals surface area contributed by atoms with E-state index in [1.54, 1.807) is 62.6 Å². The molecule has 0 aromatic heterocycles. The molecule has 3 amide bonds. The summed E-state index contributed by atoms with van der Waals surface area (Å²) in [6.45, 7) is -0.471. The van der Waals surface area contributed by atoms with Gasteiger partial charge >= 0.3 is 5.97 Å². The van der Waals surface area contributed by atoms with Crippen LogP contribution in [0.3, 0.4) is 0 Å². The zero-order chi connectivity index (χ0) is 20.3. The monoisotopic (exact) mass is 398 g/mol. The maximum Gasteiger partial charge on any atom is 0.341 e. The van der Waals surface area contributed by atoms with Gasteiger partial charge in [-0.25, -0.2) is 9.69 Å². The van der Waals surface area contributed by atoms with Crippen molar-refractivity contribution >= 4 is 35.5 Å². The summed E-state index contributed by atoms with van der Waals surface area (Å²) in [7, 11) is 3.32. The molecule has 0 unspecified atom stereocenters. The maximum absolute atomic E-state index is 12.5. The van der Waals surface area contributed by atoms with Crippen LogP contribution < -0.4 is 0 Å². The lowest BCUT2D eigenvalue weighted by molar-refractivity contribution is -0.125. The third-order valence-corrected chi connectivity index (χ3v) is 5.22. The Morgan fingerprint density at radius 1 is 0.964 bits per heavy atom. The Labute approximate surface area is 166 Å². The highest BCUT2D eigenvalue weighted by Gasteiger charge is 2.35. The van der Waals surface area contributed by atoms with E-state index >= 15 is 0 Å². The van der Waals surface area contributed by atoms with Gasteiger partial charge in [0.05, 0.1) is 22.4 Å². The second-order valence-electron chi connectivity index (χ2n) is 6.22. The largest absolute Gasteiger partial charge is 0.440 e. The van der Waals surface area contributed by atoms with Crippen molar-refractivity contribution in [2.24, 2.45) is 0 Å². The average molecular weight is 398 g/mol. The van der Waals surface area contributed by atoms with Crippen molar-refractivity contribution in [1.29, 1.82) is 0 Å². The zero-order valence-electron chi connectivity index (χ0n) is 15.4. The molecule has 2 aromatic rings. The van der Waals surface area contributed by atoms with Gasteiger partial charge in [0.25, 0.3) is 11.8 Å². The van der Waals surface area contributed by atoms with Crippen LogP contribution in [0.4, 0.5) is 0 Å². The summed E-state index contributed by atoms with van der Waals surface area (Å²) in [6.07, 6.45) is 0. The summed E-state index contributed by atoms with van der Waals surface area (Å²) < 4.78 is 5.22. The summed E-state index contributed by atoms with van der Waals surface area (Å²) in [6, 6.07) is 13.2. The van der Waals surface area contributed by atoms with E-state index in [1.807, 2.05) is 0 Å². The van der Waals surface area contributed by atoms with Crippen LogP contribution in [0.2, 0.25) is 0 Å². The number of nitrogens with zero attached hydrogens (tertiary/aromatic N) is 2. The molecule has 0 saturated heterocycles. The number of carbonyl (C=O) groups is 4. The molecule has 0 spiro atoms. The van der Waals surface area contributed by atoms with Gasteiger partial charge < -0.3 is 9.64 Å². The van der Waals surface area contributed by atoms with E-state index in [0.29, 0.717) is 16.0 Å². The van der Waals surface area contributed by atoms with Crippen molar-refractivity contribution in [3.8, 4) is 0 Å². The number of hydrogen-bond acceptors (Lipinski definition) is 6. The normalized spacial score (nSPS) is 12.7. The molecule has 1 aliphatic rings. The van der Waals surface area contributed by atoms with Crippen LogP contribution in [0.25, 0.3) is 0 Å². The van der Waals surface area contributed by atoms with Crippen LogP contribution in [0.1, 0.15) is 31.1 Å². The minimum atomic E-state index is -0.669. The van der Waals surface area contributed by atoms with Crippen molar-refractivity contribution in [1.82, 2.24) is 9.80 Å². The molecule has 0 N–H and O–H groups in total. The molecule has 0 fully saturated rings. The fourth-order valence-corrected chi connectivity index (χ4v) is 3.61. The first-order valence-electron chi connectivity index (χ1n) is 8.44. The predicted molar refractivity (Wildman–Crippen MR) is 103 cm³/mol. The van der Waals surface area contributed by atoms with Crippen molar-refractivity contribution in [3.05, 3.63) is 65.2 Å². The number of thioether (sulfide) groups is 1. The molecule has 144 valence electrons. The van der Waals surface area contributed by atoms with Crippen LogP contribution in [0.15, 0.2) is 53.4 Å². The lowest BCUT2D eigenvalue weighted by Crippen LogP contribution is -2.33. The molecular weight excluding hydrogens is 380 g/mol. The summed E-state index contributed by atoms with van der Waals surface area (Å²) in [5.41, 5.74) is 0.860. The van der Waals surface area contributed by atoms with Gasteiger partial charge in [-0.15, -0.1) is 11.8 Å². The lowest BCUT2D eigenvalue weighted by Gasteiger charge is -2.15. The molecule has 0 bridgehead atoms. The van der Waals surface area contributed by atoms with Gasteiger partial charge in [-0.1, -0.05) is 24.3 Å². The summed E-state index contributed by atoms with van der Waals surface area (Å²) in [5.74, 6) is -1.56. The molecule has 0 aliphatic carbocycles. The number of ether oxygens (including phenoxy) is 1. The highest BCUT2D eigenvalue weighted by Crippen LogP contribution is 2.25. The van der Waals surface area contributed by atoms with Crippen molar-refractivity contribution in [2.45, 2.75) is 4.90 Å². The molecule has 7 nitrogen and oxygen atoms in total. The molecule has 1 aliphatic heterocycles. The first kappa shape index (κ1) is 19.6. The number of benzene rings is 2. The maximum atomic E-state index is 12.5. The lowest BCUT2D eigenvalue weighted by atomic mass is 10.1. The van der Waals surface area contributed by atoms with Crippen LogP contribution in [-0.4, -0.2) is 60.1 Å². The topological polar surface area (TPSA) is 84.0 Å². The zero-order valence-corrected chi connectivity index (χ0v) is 16.2. The van der Waals surface area contributed by atoms with E-state index in [0.717, 1.165) is 4.90 Å². The first-order chi connectivity index (χ1) is 13.4. The van der Waals surface area contributed by atoms with E-state index in [9.17, 15) is 19.2 Å². The Bertz CT molecular complexity index is 922. The number of esters is 1. The number of carbonyl (C=O) groups excluding carboxylic acids is 4. The molecule has 0 atom stereocenters. The highest BCUT2D eigenvalue weighted by molar-refractivity contribution is 8.00. The third-order valence-electron chi connectivity index (χ3n) is 4.16. The Balaban J connectivity index is 1.67. The average Bonchev–Trinajstić information content (AvgIpc) is 2.95. The standard InChI is InChI=1S/C20H18N2O5S/c1-21(2)17(23)11-28-16-10-6-5-9-15(16)20(26)27-12-22-18(24)13-7-3-4-8-14(13)19(22)25/h3-10H,11-12H2,1-2H3. The van der Waals surface area contributed by atoms with Gasteiger partial charge in [0.2, 0.25) is 5.91 Å². The van der Waals surface area contributed by atoms with E-state index in [2.05, 4.69) is 0 Å². The second kappa shape index (κ2) is 8.26. The Morgan fingerprint density at radius 3 is 2.14 bits per heavy atom. The van der Waals surface area contributed by atoms with E-state index in [4.69, 9.17) is 4.74 Å².